The largest absolute Gasteiger partial charge is 0.385 e. The fourth-order valence-electron chi connectivity index (χ4n) is 2.03. The van der Waals surface area contributed by atoms with Gasteiger partial charge >= 0.3 is 0 Å². The Hall–Kier alpha value is -2.30. The summed E-state index contributed by atoms with van der Waals surface area (Å²) in [6, 6.07) is 9.85. The number of anilines is 2. The Morgan fingerprint density at radius 3 is 2.55 bits per heavy atom. The van der Waals surface area contributed by atoms with Crippen molar-refractivity contribution in [2.45, 2.75) is 20.3 Å². The second kappa shape index (κ2) is 6.23. The topological polar surface area (TPSA) is 59.0 Å². The van der Waals surface area contributed by atoms with E-state index in [9.17, 15) is 4.79 Å². The van der Waals surface area contributed by atoms with E-state index in [2.05, 4.69) is 15.7 Å². The maximum atomic E-state index is 11.9. The molecular weight excluding hydrogens is 252 g/mol. The molecule has 0 saturated heterocycles. The highest BCUT2D eigenvalue weighted by molar-refractivity contribution is 5.92. The smallest absolute Gasteiger partial charge is 0.226 e. The molecule has 0 fully saturated rings. The maximum Gasteiger partial charge on any atom is 0.226 e. The summed E-state index contributed by atoms with van der Waals surface area (Å²) in [5, 5.41) is 10.4. The molecule has 1 aromatic carbocycles. The van der Waals surface area contributed by atoms with E-state index in [-0.39, 0.29) is 5.91 Å². The monoisotopic (exact) mass is 272 g/mol. The summed E-state index contributed by atoms with van der Waals surface area (Å²) in [6.07, 6.45) is 0.419. The summed E-state index contributed by atoms with van der Waals surface area (Å²) in [4.78, 5) is 11.9. The molecule has 0 atom stereocenters. The van der Waals surface area contributed by atoms with Gasteiger partial charge in [0.25, 0.3) is 0 Å². The van der Waals surface area contributed by atoms with Gasteiger partial charge in [-0.25, -0.2) is 0 Å². The van der Waals surface area contributed by atoms with E-state index < -0.39 is 0 Å². The minimum Gasteiger partial charge on any atom is -0.385 e. The number of nitrogens with one attached hydrogen (secondary N) is 2. The second-order valence-corrected chi connectivity index (χ2v) is 4.76. The average molecular weight is 272 g/mol. The van der Waals surface area contributed by atoms with Crippen molar-refractivity contribution in [3.63, 3.8) is 0 Å². The molecule has 2 rings (SSSR count). The van der Waals surface area contributed by atoms with E-state index in [0.717, 1.165) is 22.8 Å². The highest BCUT2D eigenvalue weighted by atomic mass is 16.1. The van der Waals surface area contributed by atoms with Gasteiger partial charge < -0.3 is 10.6 Å². The van der Waals surface area contributed by atoms with Crippen LogP contribution in [0, 0.1) is 13.8 Å². The van der Waals surface area contributed by atoms with Gasteiger partial charge in [0.1, 0.15) is 0 Å². The Bertz CT molecular complexity index is 589. The zero-order valence-corrected chi connectivity index (χ0v) is 12.1. The van der Waals surface area contributed by atoms with Crippen LogP contribution in [0.15, 0.2) is 30.3 Å². The average Bonchev–Trinajstić information content (AvgIpc) is 2.67. The van der Waals surface area contributed by atoms with Gasteiger partial charge in [-0.1, -0.05) is 18.2 Å². The van der Waals surface area contributed by atoms with Gasteiger partial charge in [0.15, 0.2) is 0 Å². The summed E-state index contributed by atoms with van der Waals surface area (Å²) < 4.78 is 1.77. The number of rotatable bonds is 5. The van der Waals surface area contributed by atoms with E-state index in [1.54, 1.807) is 4.68 Å². The quantitative estimate of drug-likeness (QED) is 0.879. The van der Waals surface area contributed by atoms with Crippen LogP contribution in [0.3, 0.4) is 0 Å². The van der Waals surface area contributed by atoms with Crippen LogP contribution in [-0.4, -0.2) is 22.2 Å². The minimum atomic E-state index is -0.00682. The minimum absolute atomic E-state index is 0.00682. The van der Waals surface area contributed by atoms with Gasteiger partial charge in [-0.05, 0) is 26.0 Å². The normalized spacial score (nSPS) is 10.3. The Balaban J connectivity index is 1.84. The summed E-state index contributed by atoms with van der Waals surface area (Å²) in [5.74, 6) is -0.00682. The second-order valence-electron chi connectivity index (χ2n) is 4.76. The Morgan fingerprint density at radius 1 is 1.25 bits per heavy atom. The van der Waals surface area contributed by atoms with Crippen LogP contribution in [0.25, 0.3) is 0 Å². The molecule has 0 aliphatic carbocycles. The summed E-state index contributed by atoms with van der Waals surface area (Å²) in [7, 11) is 1.87. The number of carbonyl (C=O) groups is 1. The van der Waals surface area contributed by atoms with Gasteiger partial charge in [-0.2, -0.15) is 5.10 Å². The summed E-state index contributed by atoms with van der Waals surface area (Å²) in [5.41, 5.74) is 3.65. The van der Waals surface area contributed by atoms with Crippen molar-refractivity contribution < 1.29 is 4.79 Å². The predicted octanol–water partition coefficient (Wildman–Crippen LogP) is 2.48. The third-order valence-electron chi connectivity index (χ3n) is 3.23. The number of para-hydroxylation sites is 1. The molecule has 0 bridgehead atoms. The van der Waals surface area contributed by atoms with Crippen molar-refractivity contribution in [3.05, 3.63) is 41.7 Å². The van der Waals surface area contributed by atoms with Gasteiger partial charge in [0.05, 0.1) is 17.1 Å². The van der Waals surface area contributed by atoms with Crippen molar-refractivity contribution in [1.82, 2.24) is 9.78 Å². The van der Waals surface area contributed by atoms with Crippen LogP contribution in [0.4, 0.5) is 11.4 Å². The SMILES string of the molecule is Cc1nn(C)c(C)c1NC(=O)CCNc1ccccc1. The number of nitrogens with zero attached hydrogens (tertiary/aromatic N) is 2. The third kappa shape index (κ3) is 3.38. The molecule has 5 heteroatoms. The van der Waals surface area contributed by atoms with Gasteiger partial charge in [0.2, 0.25) is 5.91 Å². The van der Waals surface area contributed by atoms with E-state index >= 15 is 0 Å². The van der Waals surface area contributed by atoms with Crippen molar-refractivity contribution in [2.75, 3.05) is 17.2 Å². The maximum absolute atomic E-state index is 11.9. The van der Waals surface area contributed by atoms with E-state index in [1.807, 2.05) is 51.2 Å². The van der Waals surface area contributed by atoms with Crippen LogP contribution >= 0.6 is 0 Å². The number of aryl methyl sites for hydroxylation is 2. The fourth-order valence-corrected chi connectivity index (χ4v) is 2.03. The van der Waals surface area contributed by atoms with Crippen LogP contribution in [0.1, 0.15) is 17.8 Å². The molecule has 0 spiro atoms. The molecule has 20 heavy (non-hydrogen) atoms. The van der Waals surface area contributed by atoms with Gasteiger partial charge in [0, 0.05) is 25.7 Å². The first-order valence-electron chi connectivity index (χ1n) is 6.67. The van der Waals surface area contributed by atoms with E-state index in [1.165, 1.54) is 0 Å². The number of hydrogen-bond acceptors (Lipinski definition) is 3. The van der Waals surface area contributed by atoms with Crippen molar-refractivity contribution in [2.24, 2.45) is 7.05 Å². The van der Waals surface area contributed by atoms with Crippen molar-refractivity contribution in [1.29, 1.82) is 0 Å². The first kappa shape index (κ1) is 14.1. The van der Waals surface area contributed by atoms with Crippen LogP contribution in [-0.2, 0) is 11.8 Å². The number of hydrogen-bond donors (Lipinski definition) is 2. The summed E-state index contributed by atoms with van der Waals surface area (Å²) in [6.45, 7) is 4.44. The van der Waals surface area contributed by atoms with Crippen molar-refractivity contribution in [3.8, 4) is 0 Å². The van der Waals surface area contributed by atoms with Crippen molar-refractivity contribution >= 4 is 17.3 Å². The standard InChI is InChI=1S/C15H20N4O/c1-11-15(12(2)19(3)18-11)17-14(20)9-10-16-13-7-5-4-6-8-13/h4-8,16H,9-10H2,1-3H3,(H,17,20). The molecule has 106 valence electrons. The molecule has 2 N–H and O–H groups in total. The number of carbonyl (C=O) groups excluding carboxylic acids is 1. The predicted molar refractivity (Wildman–Crippen MR) is 80.9 cm³/mol. The fraction of sp³-hybridized carbons (Fsp3) is 0.333. The van der Waals surface area contributed by atoms with Gasteiger partial charge in [-0.3, -0.25) is 9.48 Å². The molecule has 0 radical (unpaired) electrons. The lowest BCUT2D eigenvalue weighted by molar-refractivity contribution is -0.115. The van der Waals surface area contributed by atoms with Crippen LogP contribution < -0.4 is 10.6 Å². The number of aromatic nitrogens is 2. The lowest BCUT2D eigenvalue weighted by atomic mass is 10.3. The van der Waals surface area contributed by atoms with Gasteiger partial charge in [-0.15, -0.1) is 0 Å². The zero-order chi connectivity index (χ0) is 14.5. The zero-order valence-electron chi connectivity index (χ0n) is 12.1. The third-order valence-corrected chi connectivity index (χ3v) is 3.23. The van der Waals surface area contributed by atoms with Crippen LogP contribution in [0.2, 0.25) is 0 Å². The summed E-state index contributed by atoms with van der Waals surface area (Å²) >= 11 is 0. The number of benzene rings is 1. The van der Waals surface area contributed by atoms with E-state index in [0.29, 0.717) is 13.0 Å². The number of amides is 1. The Morgan fingerprint density at radius 2 is 1.95 bits per heavy atom. The molecule has 5 nitrogen and oxygen atoms in total. The lowest BCUT2D eigenvalue weighted by Gasteiger charge is -2.07. The Kier molecular flexibility index (Phi) is 4.40. The molecule has 0 unspecified atom stereocenters. The molecule has 0 aliphatic rings. The highest BCUT2D eigenvalue weighted by Gasteiger charge is 2.11. The first-order chi connectivity index (χ1) is 9.58. The molecule has 1 amide bonds. The molecule has 2 aromatic rings. The van der Waals surface area contributed by atoms with E-state index in [4.69, 9.17) is 0 Å². The molecule has 0 aliphatic heterocycles. The highest BCUT2D eigenvalue weighted by Crippen LogP contribution is 2.18. The molecule has 1 heterocycles. The lowest BCUT2D eigenvalue weighted by Crippen LogP contribution is -2.17. The Labute approximate surface area is 119 Å². The first-order valence-corrected chi connectivity index (χ1v) is 6.67. The van der Waals surface area contributed by atoms with Crippen LogP contribution in [0.5, 0.6) is 0 Å². The molecule has 1 aromatic heterocycles. The molecule has 0 saturated carbocycles. The molecular formula is C15H20N4O.